The van der Waals surface area contributed by atoms with Crippen molar-refractivity contribution in [3.8, 4) is 11.3 Å². The van der Waals surface area contributed by atoms with Gasteiger partial charge >= 0.3 is 5.97 Å². The minimum Gasteiger partial charge on any atom is -0.506 e. The molecule has 0 fully saturated rings. The van der Waals surface area contributed by atoms with Crippen LogP contribution in [0.3, 0.4) is 0 Å². The summed E-state index contributed by atoms with van der Waals surface area (Å²) in [5, 5.41) is 13.4. The Kier molecular flexibility index (Phi) is 5.51. The van der Waals surface area contributed by atoms with E-state index >= 15 is 0 Å². The number of rotatable bonds is 5. The number of aliphatic hydroxyl groups is 1. The zero-order valence-corrected chi connectivity index (χ0v) is 17.4. The van der Waals surface area contributed by atoms with E-state index in [2.05, 4.69) is 15.3 Å². The van der Waals surface area contributed by atoms with Crippen LogP contribution in [0.25, 0.3) is 22.6 Å². The fourth-order valence-corrected chi connectivity index (χ4v) is 3.49. The number of hydrogen-bond acceptors (Lipinski definition) is 7. The minimum atomic E-state index is -0.772. The number of carbonyl (C=O) groups excluding carboxylic acids is 3. The average Bonchev–Trinajstić information content (AvgIpc) is 3.04. The van der Waals surface area contributed by atoms with Crippen molar-refractivity contribution in [2.45, 2.75) is 13.8 Å². The lowest BCUT2D eigenvalue weighted by Crippen LogP contribution is -2.19. The van der Waals surface area contributed by atoms with Crippen LogP contribution >= 0.6 is 0 Å². The largest absolute Gasteiger partial charge is 0.506 e. The third kappa shape index (κ3) is 3.62. The molecule has 0 bridgehead atoms. The van der Waals surface area contributed by atoms with E-state index in [9.17, 15) is 19.5 Å². The van der Waals surface area contributed by atoms with Gasteiger partial charge in [-0.1, -0.05) is 54.6 Å². The number of hydrogen-bond donors (Lipinski definition) is 2. The molecule has 0 spiro atoms. The zero-order chi connectivity index (χ0) is 22.8. The Hall–Kier alpha value is -4.33. The van der Waals surface area contributed by atoms with Gasteiger partial charge in [0.1, 0.15) is 11.5 Å². The average molecular weight is 429 g/mol. The number of amides is 1. The first-order valence-corrected chi connectivity index (χ1v) is 9.92. The first-order chi connectivity index (χ1) is 15.4. The Morgan fingerprint density at radius 2 is 1.62 bits per heavy atom. The van der Waals surface area contributed by atoms with Gasteiger partial charge in [-0.05, 0) is 6.92 Å². The molecule has 4 rings (SSSR count). The second-order valence-corrected chi connectivity index (χ2v) is 6.98. The number of allylic oxidation sites excluding steroid dienone is 1. The first-order valence-electron chi connectivity index (χ1n) is 9.92. The molecule has 1 aliphatic rings. The number of aliphatic hydroxyl groups excluding tert-OH is 1. The number of nitrogens with one attached hydrogen (secondary N) is 1. The van der Waals surface area contributed by atoms with E-state index in [4.69, 9.17) is 4.74 Å². The molecule has 1 amide bonds. The first kappa shape index (κ1) is 20.9. The Labute approximate surface area is 183 Å². The smallest absolute Gasteiger partial charge is 0.360 e. The lowest BCUT2D eigenvalue weighted by atomic mass is 10.0. The number of esters is 1. The maximum Gasteiger partial charge on any atom is 0.360 e. The van der Waals surface area contributed by atoms with Gasteiger partial charge in [0.05, 0.1) is 17.9 Å². The second kappa shape index (κ2) is 8.43. The molecule has 0 saturated heterocycles. The maximum atomic E-state index is 13.2. The molecule has 0 aliphatic heterocycles. The number of benzene rings is 2. The van der Waals surface area contributed by atoms with Crippen molar-refractivity contribution in [1.29, 1.82) is 0 Å². The monoisotopic (exact) mass is 429 g/mol. The molecule has 0 radical (unpaired) electrons. The summed E-state index contributed by atoms with van der Waals surface area (Å²) in [5.74, 6) is -2.08. The second-order valence-electron chi connectivity index (χ2n) is 6.98. The molecule has 1 aromatic heterocycles. The van der Waals surface area contributed by atoms with Gasteiger partial charge in [-0.3, -0.25) is 9.59 Å². The number of carbonyl (C=O) groups is 3. The summed E-state index contributed by atoms with van der Waals surface area (Å²) in [4.78, 5) is 46.4. The van der Waals surface area contributed by atoms with E-state index < -0.39 is 17.7 Å². The molecule has 8 heteroatoms. The van der Waals surface area contributed by atoms with Gasteiger partial charge in [0.25, 0.3) is 0 Å². The van der Waals surface area contributed by atoms with Crippen LogP contribution in [0.5, 0.6) is 0 Å². The molecule has 8 nitrogen and oxygen atoms in total. The Bertz CT molecular complexity index is 1280. The van der Waals surface area contributed by atoms with Gasteiger partial charge in [0, 0.05) is 23.6 Å². The molecule has 3 aromatic rings. The summed E-state index contributed by atoms with van der Waals surface area (Å²) < 4.78 is 5.08. The maximum absolute atomic E-state index is 13.2. The highest BCUT2D eigenvalue weighted by molar-refractivity contribution is 6.39. The highest BCUT2D eigenvalue weighted by Crippen LogP contribution is 2.39. The zero-order valence-electron chi connectivity index (χ0n) is 17.4. The van der Waals surface area contributed by atoms with Gasteiger partial charge in [-0.25, -0.2) is 14.8 Å². The third-order valence-electron chi connectivity index (χ3n) is 4.83. The molecule has 0 saturated carbocycles. The summed E-state index contributed by atoms with van der Waals surface area (Å²) in [6, 6.07) is 15.5. The predicted molar refractivity (Wildman–Crippen MR) is 118 cm³/mol. The molecule has 2 N–H and O–H groups in total. The van der Waals surface area contributed by atoms with Crippen molar-refractivity contribution in [2.75, 3.05) is 11.9 Å². The van der Waals surface area contributed by atoms with Crippen LogP contribution in [0.15, 0.2) is 54.6 Å². The summed E-state index contributed by atoms with van der Waals surface area (Å²) in [6.45, 7) is 3.00. The van der Waals surface area contributed by atoms with Gasteiger partial charge < -0.3 is 15.2 Å². The van der Waals surface area contributed by atoms with Crippen molar-refractivity contribution in [3.63, 3.8) is 0 Å². The van der Waals surface area contributed by atoms with Gasteiger partial charge in [0.2, 0.25) is 5.91 Å². The molecule has 0 unspecified atom stereocenters. The Balaban J connectivity index is 2.01. The Morgan fingerprint density at radius 1 is 0.969 bits per heavy atom. The van der Waals surface area contributed by atoms with Gasteiger partial charge in [0.15, 0.2) is 17.3 Å². The van der Waals surface area contributed by atoms with Crippen molar-refractivity contribution < 1.29 is 24.2 Å². The summed E-state index contributed by atoms with van der Waals surface area (Å²) in [5.41, 5.74) is 1.27. The number of fused-ring (bicyclic) bond motifs is 1. The van der Waals surface area contributed by atoms with Crippen molar-refractivity contribution in [2.24, 2.45) is 0 Å². The van der Waals surface area contributed by atoms with Crippen molar-refractivity contribution >= 4 is 34.8 Å². The van der Waals surface area contributed by atoms with Crippen LogP contribution in [0.1, 0.15) is 46.0 Å². The predicted octanol–water partition coefficient (Wildman–Crippen LogP) is 3.90. The van der Waals surface area contributed by atoms with E-state index in [0.29, 0.717) is 16.7 Å². The van der Waals surface area contributed by atoms with Crippen LogP contribution in [-0.2, 0) is 9.53 Å². The number of nitrogens with zero attached hydrogens (tertiary/aromatic N) is 2. The molecule has 1 aliphatic carbocycles. The summed E-state index contributed by atoms with van der Waals surface area (Å²) >= 11 is 0. The van der Waals surface area contributed by atoms with Crippen LogP contribution in [0.4, 0.5) is 5.82 Å². The summed E-state index contributed by atoms with van der Waals surface area (Å²) in [6.07, 6.45) is 0. The molecule has 32 heavy (non-hydrogen) atoms. The molecule has 1 heterocycles. The fraction of sp³-hybridized carbons (Fsp3) is 0.125. The molecule has 0 atom stereocenters. The SMILES string of the molecule is CCOC(=O)c1nc(-c2ccccc2)c(C2=C(O)c3ccccc3C2=O)nc1NC(C)=O. The van der Waals surface area contributed by atoms with Crippen LogP contribution in [0, 0.1) is 0 Å². The number of anilines is 1. The molecule has 2 aromatic carbocycles. The highest BCUT2D eigenvalue weighted by atomic mass is 16.5. The number of ketones is 1. The number of aromatic nitrogens is 2. The van der Waals surface area contributed by atoms with E-state index in [-0.39, 0.29) is 40.8 Å². The molecular weight excluding hydrogens is 410 g/mol. The minimum absolute atomic E-state index is 0.0479. The summed E-state index contributed by atoms with van der Waals surface area (Å²) in [7, 11) is 0. The topological polar surface area (TPSA) is 118 Å². The van der Waals surface area contributed by atoms with E-state index in [1.165, 1.54) is 6.92 Å². The normalized spacial score (nSPS) is 12.5. The lowest BCUT2D eigenvalue weighted by Gasteiger charge is -2.15. The highest BCUT2D eigenvalue weighted by Gasteiger charge is 2.35. The third-order valence-corrected chi connectivity index (χ3v) is 4.83. The van der Waals surface area contributed by atoms with E-state index in [0.717, 1.165) is 0 Å². The number of Topliss-reactive ketones (excluding diaryl/α,β-unsaturated/α-hetero) is 1. The van der Waals surface area contributed by atoms with Crippen LogP contribution < -0.4 is 5.32 Å². The quantitative estimate of drug-likeness (QED) is 0.591. The van der Waals surface area contributed by atoms with Crippen molar-refractivity contribution in [1.82, 2.24) is 9.97 Å². The van der Waals surface area contributed by atoms with Gasteiger partial charge in [-0.2, -0.15) is 0 Å². The molecular formula is C24H19N3O5. The lowest BCUT2D eigenvalue weighted by molar-refractivity contribution is -0.114. The standard InChI is InChI=1S/C24H19N3O5/c1-3-32-24(31)20-23(25-13(2)28)27-19(18(26-20)14-9-5-4-6-10-14)17-21(29)15-11-7-8-12-16(15)22(17)30/h4-12,29H,3H2,1-2H3,(H,25,27,28). The fourth-order valence-electron chi connectivity index (χ4n) is 3.49. The Morgan fingerprint density at radius 3 is 2.25 bits per heavy atom. The van der Waals surface area contributed by atoms with Crippen molar-refractivity contribution in [3.05, 3.63) is 77.1 Å². The number of ether oxygens (including phenoxy) is 1. The molecule has 160 valence electrons. The van der Waals surface area contributed by atoms with Crippen LogP contribution in [-0.4, -0.2) is 39.3 Å². The van der Waals surface area contributed by atoms with Gasteiger partial charge in [-0.15, -0.1) is 0 Å². The van der Waals surface area contributed by atoms with E-state index in [1.54, 1.807) is 55.5 Å². The van der Waals surface area contributed by atoms with Crippen LogP contribution in [0.2, 0.25) is 0 Å². The van der Waals surface area contributed by atoms with E-state index in [1.807, 2.05) is 6.07 Å².